The van der Waals surface area contributed by atoms with Crippen molar-refractivity contribution < 1.29 is 0 Å². The lowest BCUT2D eigenvalue weighted by Crippen LogP contribution is -2.11. The third-order valence-electron chi connectivity index (χ3n) is 3.74. The number of aryl methyl sites for hydroxylation is 2. The van der Waals surface area contributed by atoms with Gasteiger partial charge in [0.25, 0.3) is 0 Å². The molecular weight excluding hydrogens is 293 g/mol. The highest BCUT2D eigenvalue weighted by Gasteiger charge is 2.13. The van der Waals surface area contributed by atoms with Gasteiger partial charge in [0.1, 0.15) is 0 Å². The molecule has 0 aliphatic heterocycles. The van der Waals surface area contributed by atoms with E-state index in [1.54, 1.807) is 6.07 Å². The van der Waals surface area contributed by atoms with Gasteiger partial charge in [-0.1, -0.05) is 29.3 Å². The molecule has 0 spiro atoms. The molecule has 0 bridgehead atoms. The Morgan fingerprint density at radius 2 is 1.95 bits per heavy atom. The van der Waals surface area contributed by atoms with E-state index in [2.05, 4.69) is 12.0 Å². The fourth-order valence-electron chi connectivity index (χ4n) is 2.39. The van der Waals surface area contributed by atoms with E-state index in [0.717, 1.165) is 24.1 Å². The van der Waals surface area contributed by atoms with E-state index in [9.17, 15) is 0 Å². The highest BCUT2D eigenvalue weighted by atomic mass is 35.5. The van der Waals surface area contributed by atoms with Crippen LogP contribution in [0.1, 0.15) is 35.0 Å². The molecule has 1 aromatic heterocycles. The molecule has 0 amide bonds. The lowest BCUT2D eigenvalue weighted by atomic mass is 9.99. The molecule has 1 unspecified atom stereocenters. The molecule has 2 N–H and O–H groups in total. The summed E-state index contributed by atoms with van der Waals surface area (Å²) in [6, 6.07) is 5.52. The monoisotopic (exact) mass is 311 g/mol. The Balaban J connectivity index is 2.08. The fourth-order valence-corrected chi connectivity index (χ4v) is 2.70. The maximum Gasteiger partial charge on any atom is 0.0628 e. The summed E-state index contributed by atoms with van der Waals surface area (Å²) in [6.45, 7) is 4.12. The highest BCUT2D eigenvalue weighted by Crippen LogP contribution is 2.27. The number of nitrogens with two attached hydrogens (primary N) is 1. The standard InChI is InChI=1S/C15H19Cl2N3/c1-9-12(10(2)20(3)19-9)5-7-15(18)11-4-6-13(16)14(17)8-11/h4,6,8,15H,5,7,18H2,1-3H3. The number of benzene rings is 1. The number of hydrogen-bond donors (Lipinski definition) is 1. The summed E-state index contributed by atoms with van der Waals surface area (Å²) in [7, 11) is 1.96. The van der Waals surface area contributed by atoms with E-state index in [0.29, 0.717) is 10.0 Å². The largest absolute Gasteiger partial charge is 0.324 e. The third-order valence-corrected chi connectivity index (χ3v) is 4.48. The molecule has 20 heavy (non-hydrogen) atoms. The lowest BCUT2D eigenvalue weighted by Gasteiger charge is -2.13. The van der Waals surface area contributed by atoms with Crippen LogP contribution >= 0.6 is 23.2 Å². The first-order chi connectivity index (χ1) is 9.40. The van der Waals surface area contributed by atoms with Gasteiger partial charge in [0, 0.05) is 18.8 Å². The Labute approximate surface area is 129 Å². The summed E-state index contributed by atoms with van der Waals surface area (Å²) in [5.74, 6) is 0. The van der Waals surface area contributed by atoms with Crippen LogP contribution in [-0.2, 0) is 13.5 Å². The van der Waals surface area contributed by atoms with Crippen molar-refractivity contribution in [3.63, 3.8) is 0 Å². The molecule has 0 saturated heterocycles. The second-order valence-electron chi connectivity index (χ2n) is 5.09. The number of hydrogen-bond acceptors (Lipinski definition) is 2. The molecule has 3 nitrogen and oxygen atoms in total. The smallest absolute Gasteiger partial charge is 0.0628 e. The average Bonchev–Trinajstić information content (AvgIpc) is 2.64. The van der Waals surface area contributed by atoms with Gasteiger partial charge < -0.3 is 5.73 Å². The summed E-state index contributed by atoms with van der Waals surface area (Å²) in [5.41, 5.74) is 10.8. The van der Waals surface area contributed by atoms with E-state index in [1.807, 2.05) is 30.8 Å². The van der Waals surface area contributed by atoms with Gasteiger partial charge >= 0.3 is 0 Å². The number of halogens is 2. The van der Waals surface area contributed by atoms with E-state index >= 15 is 0 Å². The van der Waals surface area contributed by atoms with Crippen LogP contribution in [0.5, 0.6) is 0 Å². The quantitative estimate of drug-likeness (QED) is 0.928. The molecule has 5 heteroatoms. The van der Waals surface area contributed by atoms with Crippen molar-refractivity contribution >= 4 is 23.2 Å². The Hall–Kier alpha value is -1.03. The van der Waals surface area contributed by atoms with Crippen molar-refractivity contribution in [2.45, 2.75) is 32.7 Å². The molecule has 1 atom stereocenters. The topological polar surface area (TPSA) is 43.8 Å². The van der Waals surface area contributed by atoms with Crippen LogP contribution < -0.4 is 5.73 Å². The summed E-state index contributed by atoms with van der Waals surface area (Å²) < 4.78 is 1.91. The van der Waals surface area contributed by atoms with Crippen LogP contribution in [0.3, 0.4) is 0 Å². The molecule has 108 valence electrons. The molecule has 0 fully saturated rings. The van der Waals surface area contributed by atoms with Gasteiger partial charge in [-0.05, 0) is 49.9 Å². The van der Waals surface area contributed by atoms with Crippen LogP contribution in [-0.4, -0.2) is 9.78 Å². The molecule has 2 aromatic rings. The van der Waals surface area contributed by atoms with Gasteiger partial charge in [-0.25, -0.2) is 0 Å². The van der Waals surface area contributed by atoms with E-state index in [-0.39, 0.29) is 6.04 Å². The number of aromatic nitrogens is 2. The first kappa shape index (κ1) is 15.4. The van der Waals surface area contributed by atoms with Gasteiger partial charge in [0.15, 0.2) is 0 Å². The van der Waals surface area contributed by atoms with Crippen molar-refractivity contribution in [1.29, 1.82) is 0 Å². The number of rotatable bonds is 4. The third kappa shape index (κ3) is 3.17. The summed E-state index contributed by atoms with van der Waals surface area (Å²) in [5, 5.41) is 5.53. The molecule has 0 saturated carbocycles. The predicted octanol–water partition coefficient (Wildman–Crippen LogP) is 3.98. The van der Waals surface area contributed by atoms with Crippen molar-refractivity contribution in [2.24, 2.45) is 12.8 Å². The van der Waals surface area contributed by atoms with E-state index in [1.165, 1.54) is 11.3 Å². The Kier molecular flexibility index (Phi) is 4.74. The summed E-state index contributed by atoms with van der Waals surface area (Å²) in [6.07, 6.45) is 1.76. The molecule has 1 aromatic carbocycles. The van der Waals surface area contributed by atoms with Crippen molar-refractivity contribution in [3.8, 4) is 0 Å². The molecule has 0 aliphatic carbocycles. The van der Waals surface area contributed by atoms with Crippen molar-refractivity contribution in [2.75, 3.05) is 0 Å². The molecule has 2 rings (SSSR count). The Morgan fingerprint density at radius 1 is 1.25 bits per heavy atom. The van der Waals surface area contributed by atoms with Crippen LogP contribution in [0.25, 0.3) is 0 Å². The van der Waals surface area contributed by atoms with Crippen LogP contribution in [0.15, 0.2) is 18.2 Å². The van der Waals surface area contributed by atoms with Crippen molar-refractivity contribution in [1.82, 2.24) is 9.78 Å². The molecule has 0 aliphatic rings. The SMILES string of the molecule is Cc1nn(C)c(C)c1CCC(N)c1ccc(Cl)c(Cl)c1. The molecular formula is C15H19Cl2N3. The Bertz CT molecular complexity index is 620. The highest BCUT2D eigenvalue weighted by molar-refractivity contribution is 6.42. The summed E-state index contributed by atoms with van der Waals surface area (Å²) >= 11 is 11.9. The summed E-state index contributed by atoms with van der Waals surface area (Å²) in [4.78, 5) is 0. The van der Waals surface area contributed by atoms with E-state index < -0.39 is 0 Å². The molecule has 1 heterocycles. The second kappa shape index (κ2) is 6.17. The van der Waals surface area contributed by atoms with Crippen LogP contribution in [0.2, 0.25) is 10.0 Å². The maximum absolute atomic E-state index is 6.24. The van der Waals surface area contributed by atoms with Gasteiger partial charge in [0.2, 0.25) is 0 Å². The fraction of sp³-hybridized carbons (Fsp3) is 0.400. The molecule has 0 radical (unpaired) electrons. The predicted molar refractivity (Wildman–Crippen MR) is 84.4 cm³/mol. The average molecular weight is 312 g/mol. The minimum Gasteiger partial charge on any atom is -0.324 e. The van der Waals surface area contributed by atoms with Gasteiger partial charge in [0.05, 0.1) is 15.7 Å². The van der Waals surface area contributed by atoms with Crippen LogP contribution in [0, 0.1) is 13.8 Å². The first-order valence-electron chi connectivity index (χ1n) is 6.59. The van der Waals surface area contributed by atoms with Crippen LogP contribution in [0.4, 0.5) is 0 Å². The lowest BCUT2D eigenvalue weighted by molar-refractivity contribution is 0.647. The van der Waals surface area contributed by atoms with E-state index in [4.69, 9.17) is 28.9 Å². The minimum atomic E-state index is -0.0521. The zero-order valence-electron chi connectivity index (χ0n) is 12.0. The normalized spacial score (nSPS) is 12.7. The zero-order chi connectivity index (χ0) is 14.9. The van der Waals surface area contributed by atoms with Crippen molar-refractivity contribution in [3.05, 3.63) is 50.8 Å². The second-order valence-corrected chi connectivity index (χ2v) is 5.91. The Morgan fingerprint density at radius 3 is 2.50 bits per heavy atom. The first-order valence-corrected chi connectivity index (χ1v) is 7.35. The van der Waals surface area contributed by atoms with Gasteiger partial charge in [-0.3, -0.25) is 4.68 Å². The van der Waals surface area contributed by atoms with Gasteiger partial charge in [-0.2, -0.15) is 5.10 Å². The minimum absolute atomic E-state index is 0.0521. The maximum atomic E-state index is 6.24. The van der Waals surface area contributed by atoms with Gasteiger partial charge in [-0.15, -0.1) is 0 Å². The zero-order valence-corrected chi connectivity index (χ0v) is 13.5. The number of nitrogens with zero attached hydrogens (tertiary/aromatic N) is 2.